The van der Waals surface area contributed by atoms with Gasteiger partial charge in [0.25, 0.3) is 0 Å². The summed E-state index contributed by atoms with van der Waals surface area (Å²) in [4.78, 5) is 28.7. The number of carboxylic acid groups (broad SMARTS) is 1. The third-order valence-electron chi connectivity index (χ3n) is 8.87. The normalized spacial score (nSPS) is 18.8. The van der Waals surface area contributed by atoms with Crippen LogP contribution >= 0.6 is 0 Å². The van der Waals surface area contributed by atoms with Gasteiger partial charge >= 0.3 is 5.97 Å². The fraction of sp³-hybridized carbons (Fsp3) is 0.444. The number of rotatable bonds is 14. The van der Waals surface area contributed by atoms with Gasteiger partial charge in [0.05, 0.1) is 26.2 Å². The number of aliphatic carboxylic acids is 1. The first-order chi connectivity index (χ1) is 22.3. The van der Waals surface area contributed by atoms with Crippen molar-refractivity contribution >= 4 is 17.6 Å². The van der Waals surface area contributed by atoms with Crippen LogP contribution in [0, 0.1) is 11.7 Å². The largest absolute Gasteiger partial charge is 0.494 e. The molecular weight excluding hydrogens is 591 g/mol. The lowest BCUT2D eigenvalue weighted by Crippen LogP contribution is -2.35. The molecule has 0 spiro atoms. The Bertz CT molecular complexity index is 1520. The van der Waals surface area contributed by atoms with Crippen LogP contribution in [-0.2, 0) is 22.4 Å². The molecule has 3 atom stereocenters. The second-order valence-corrected chi connectivity index (χ2v) is 11.8. The maximum atomic E-state index is 14.3. The van der Waals surface area contributed by atoms with Crippen LogP contribution in [0.2, 0.25) is 0 Å². The number of nitrogens with one attached hydrogen (secondary N) is 1. The Balaban J connectivity index is 1.48. The number of hydrogen-bond acceptors (Lipinski definition) is 7. The Morgan fingerprint density at radius 3 is 2.35 bits per heavy atom. The van der Waals surface area contributed by atoms with Crippen molar-refractivity contribution < 1.29 is 38.0 Å². The average molecular weight is 635 g/mol. The van der Waals surface area contributed by atoms with Crippen molar-refractivity contribution in [3.05, 3.63) is 76.6 Å². The molecule has 0 bridgehead atoms. The van der Waals surface area contributed by atoms with E-state index in [4.69, 9.17) is 18.9 Å². The zero-order valence-corrected chi connectivity index (χ0v) is 26.9. The van der Waals surface area contributed by atoms with Crippen LogP contribution in [0.15, 0.2) is 48.5 Å². The van der Waals surface area contributed by atoms with E-state index >= 15 is 0 Å². The van der Waals surface area contributed by atoms with Gasteiger partial charge in [-0.2, -0.15) is 0 Å². The average Bonchev–Trinajstić information content (AvgIpc) is 3.68. The third kappa shape index (κ3) is 7.07. The Morgan fingerprint density at radius 2 is 1.72 bits per heavy atom. The first kappa shape index (κ1) is 33.1. The third-order valence-corrected chi connectivity index (χ3v) is 8.87. The maximum Gasteiger partial charge on any atom is 0.309 e. The minimum absolute atomic E-state index is 0.0485. The molecule has 0 saturated carbocycles. The van der Waals surface area contributed by atoms with E-state index in [9.17, 15) is 19.1 Å². The standard InChI is InChI=1S/C36H43FN2O7/c1-5-8-9-14-44-27-12-10-24(11-13-27)34-32(36(41)42)28(25-17-29(43-4)35-30(18-25)45-21-46-35)19-39(34)20-31(40)38-33-22(6-2)15-26(37)16-23(33)7-3/h10-13,15-18,28,32,34H,5-9,14,19-21H2,1-4H3,(H,38,40)(H,41,42)/t28-,32-,34+/m1/s1. The molecule has 0 aromatic heterocycles. The van der Waals surface area contributed by atoms with Crippen molar-refractivity contribution in [3.63, 3.8) is 0 Å². The van der Waals surface area contributed by atoms with Crippen LogP contribution in [0.3, 0.4) is 0 Å². The van der Waals surface area contributed by atoms with Crippen molar-refractivity contribution in [2.75, 3.05) is 38.9 Å². The Kier molecular flexibility index (Phi) is 10.7. The van der Waals surface area contributed by atoms with Gasteiger partial charge in [-0.15, -0.1) is 0 Å². The van der Waals surface area contributed by atoms with Crippen molar-refractivity contribution in [1.82, 2.24) is 4.90 Å². The van der Waals surface area contributed by atoms with Crippen LogP contribution in [0.25, 0.3) is 0 Å². The number of unbranched alkanes of at least 4 members (excludes halogenated alkanes) is 2. The highest BCUT2D eigenvalue weighted by atomic mass is 19.1. The van der Waals surface area contributed by atoms with Gasteiger partial charge in [-0.3, -0.25) is 14.5 Å². The van der Waals surface area contributed by atoms with Crippen LogP contribution < -0.4 is 24.3 Å². The summed E-state index contributed by atoms with van der Waals surface area (Å²) in [6.07, 6.45) is 4.24. The number of ether oxygens (including phenoxy) is 4. The molecule has 0 aliphatic carbocycles. The van der Waals surface area contributed by atoms with E-state index in [-0.39, 0.29) is 31.6 Å². The molecule has 1 amide bonds. The molecule has 10 heteroatoms. The van der Waals surface area contributed by atoms with E-state index in [1.807, 2.05) is 43.0 Å². The summed E-state index contributed by atoms with van der Waals surface area (Å²) >= 11 is 0. The molecule has 2 aliphatic heterocycles. The van der Waals surface area contributed by atoms with Crippen molar-refractivity contribution in [2.45, 2.75) is 64.8 Å². The summed E-state index contributed by atoms with van der Waals surface area (Å²) in [7, 11) is 1.53. The van der Waals surface area contributed by atoms with Crippen LogP contribution in [0.5, 0.6) is 23.0 Å². The number of fused-ring (bicyclic) bond motifs is 1. The van der Waals surface area contributed by atoms with Gasteiger partial charge in [-0.25, -0.2) is 4.39 Å². The van der Waals surface area contributed by atoms with Crippen LogP contribution in [0.1, 0.15) is 74.2 Å². The Hall–Kier alpha value is -4.31. The lowest BCUT2D eigenvalue weighted by atomic mass is 9.82. The van der Waals surface area contributed by atoms with Gasteiger partial charge < -0.3 is 29.4 Å². The van der Waals surface area contributed by atoms with Crippen LogP contribution in [-0.4, -0.2) is 55.5 Å². The molecule has 0 radical (unpaired) electrons. The number of halogens is 1. The summed E-state index contributed by atoms with van der Waals surface area (Å²) in [5.41, 5.74) is 3.53. The highest BCUT2D eigenvalue weighted by Gasteiger charge is 2.48. The fourth-order valence-corrected chi connectivity index (χ4v) is 6.60. The molecule has 2 heterocycles. The summed E-state index contributed by atoms with van der Waals surface area (Å²) in [6, 6.07) is 13.3. The van der Waals surface area contributed by atoms with Gasteiger partial charge in [0.15, 0.2) is 11.5 Å². The van der Waals surface area contributed by atoms with Crippen LogP contribution in [0.4, 0.5) is 10.1 Å². The Morgan fingerprint density at radius 1 is 1.00 bits per heavy atom. The molecule has 5 rings (SSSR count). The summed E-state index contributed by atoms with van der Waals surface area (Å²) in [5.74, 6) is -0.856. The number of nitrogens with zero attached hydrogens (tertiary/aromatic N) is 1. The molecule has 3 aromatic carbocycles. The number of carboxylic acids is 1. The van der Waals surface area contributed by atoms with Gasteiger partial charge in [-0.1, -0.05) is 45.7 Å². The molecule has 46 heavy (non-hydrogen) atoms. The molecule has 0 unspecified atom stereocenters. The van der Waals surface area contributed by atoms with Crippen molar-refractivity contribution in [1.29, 1.82) is 0 Å². The highest BCUT2D eigenvalue weighted by Crippen LogP contribution is 2.50. The maximum absolute atomic E-state index is 14.3. The SMILES string of the molecule is CCCCCOc1ccc([C@H]2[C@H](C(=O)O)[C@@H](c3cc(OC)c4c(c3)OCO4)CN2CC(=O)Nc2c(CC)cc(F)cc2CC)cc1. The number of carbonyl (C=O) groups is 2. The Labute approximate surface area is 269 Å². The molecule has 2 aliphatic rings. The molecule has 1 saturated heterocycles. The number of likely N-dealkylation sites (tertiary alicyclic amines) is 1. The molecular formula is C36H43FN2O7. The predicted molar refractivity (Wildman–Crippen MR) is 173 cm³/mol. The number of amides is 1. The molecule has 1 fully saturated rings. The van der Waals surface area contributed by atoms with Gasteiger partial charge in [-0.05, 0) is 77.9 Å². The topological polar surface area (TPSA) is 107 Å². The first-order valence-electron chi connectivity index (χ1n) is 16.1. The molecule has 2 N–H and O–H groups in total. The van der Waals surface area contributed by atoms with E-state index < -0.39 is 23.8 Å². The zero-order chi connectivity index (χ0) is 32.8. The monoisotopic (exact) mass is 634 g/mol. The molecule has 246 valence electrons. The smallest absolute Gasteiger partial charge is 0.309 e. The lowest BCUT2D eigenvalue weighted by molar-refractivity contribution is -0.143. The summed E-state index contributed by atoms with van der Waals surface area (Å²) in [6.45, 7) is 6.85. The minimum atomic E-state index is -0.977. The number of methoxy groups -OCH3 is 1. The van der Waals surface area contributed by atoms with E-state index in [2.05, 4.69) is 12.2 Å². The number of aryl methyl sites for hydroxylation is 2. The second kappa shape index (κ2) is 14.9. The van der Waals surface area contributed by atoms with E-state index in [0.29, 0.717) is 59.3 Å². The van der Waals surface area contributed by atoms with E-state index in [1.165, 1.54) is 19.2 Å². The fourth-order valence-electron chi connectivity index (χ4n) is 6.60. The number of benzene rings is 3. The second-order valence-electron chi connectivity index (χ2n) is 11.8. The van der Waals surface area contributed by atoms with Crippen molar-refractivity contribution in [2.24, 2.45) is 5.92 Å². The molecule has 9 nitrogen and oxygen atoms in total. The highest BCUT2D eigenvalue weighted by molar-refractivity contribution is 5.94. The van der Waals surface area contributed by atoms with Gasteiger partial charge in [0, 0.05) is 24.2 Å². The number of anilines is 1. The molecule has 3 aromatic rings. The number of carbonyl (C=O) groups excluding carboxylic acids is 1. The first-order valence-corrected chi connectivity index (χ1v) is 16.1. The zero-order valence-electron chi connectivity index (χ0n) is 26.9. The minimum Gasteiger partial charge on any atom is -0.494 e. The number of hydrogen-bond donors (Lipinski definition) is 2. The van der Waals surface area contributed by atoms with Crippen molar-refractivity contribution in [3.8, 4) is 23.0 Å². The lowest BCUT2D eigenvalue weighted by Gasteiger charge is -2.27. The summed E-state index contributed by atoms with van der Waals surface area (Å²) < 4.78 is 37.0. The van der Waals surface area contributed by atoms with Gasteiger partial charge in [0.2, 0.25) is 18.4 Å². The van der Waals surface area contributed by atoms with E-state index in [0.717, 1.165) is 30.4 Å². The predicted octanol–water partition coefficient (Wildman–Crippen LogP) is 6.74. The van der Waals surface area contributed by atoms with E-state index in [1.54, 1.807) is 12.1 Å². The quantitative estimate of drug-likeness (QED) is 0.188. The summed E-state index contributed by atoms with van der Waals surface area (Å²) in [5, 5.41) is 13.7. The van der Waals surface area contributed by atoms with Gasteiger partial charge in [0.1, 0.15) is 11.6 Å².